The van der Waals surface area contributed by atoms with Crippen LogP contribution in [-0.2, 0) is 9.53 Å². The molecule has 1 aliphatic heterocycles. The van der Waals surface area contributed by atoms with Gasteiger partial charge in [-0.3, -0.25) is 4.79 Å². The van der Waals surface area contributed by atoms with Gasteiger partial charge in [0.15, 0.2) is 0 Å². The molecule has 1 N–H and O–H groups in total. The normalized spacial score (nSPS) is 27.3. The summed E-state index contributed by atoms with van der Waals surface area (Å²) >= 11 is 0. The molecule has 3 heteroatoms. The van der Waals surface area contributed by atoms with E-state index < -0.39 is 0 Å². The van der Waals surface area contributed by atoms with Crippen molar-refractivity contribution in [2.45, 2.75) is 45.6 Å². The van der Waals surface area contributed by atoms with Gasteiger partial charge in [0.1, 0.15) is 0 Å². The van der Waals surface area contributed by atoms with Crippen molar-refractivity contribution in [1.82, 2.24) is 5.32 Å². The molecular formula is C11H21NO2. The number of piperidine rings is 1. The second-order valence-corrected chi connectivity index (χ2v) is 4.01. The molecule has 3 nitrogen and oxygen atoms in total. The Morgan fingerprint density at radius 1 is 1.57 bits per heavy atom. The van der Waals surface area contributed by atoms with E-state index in [0.29, 0.717) is 6.61 Å². The van der Waals surface area contributed by atoms with E-state index >= 15 is 0 Å². The summed E-state index contributed by atoms with van der Waals surface area (Å²) in [6.07, 6.45) is 4.10. The molecule has 0 amide bonds. The molecule has 1 heterocycles. The first-order valence-electron chi connectivity index (χ1n) is 5.65. The number of nitrogens with one attached hydrogen (secondary N) is 1. The molecule has 0 aromatic rings. The van der Waals surface area contributed by atoms with E-state index in [4.69, 9.17) is 4.74 Å². The van der Waals surface area contributed by atoms with E-state index in [-0.39, 0.29) is 17.9 Å². The van der Waals surface area contributed by atoms with E-state index in [1.807, 2.05) is 0 Å². The van der Waals surface area contributed by atoms with Crippen molar-refractivity contribution >= 4 is 5.97 Å². The summed E-state index contributed by atoms with van der Waals surface area (Å²) in [6, 6.07) is 0.276. The molecule has 0 aromatic carbocycles. The molecule has 1 rings (SSSR count). The highest BCUT2D eigenvalue weighted by molar-refractivity contribution is 5.73. The van der Waals surface area contributed by atoms with Crippen LogP contribution in [0.2, 0.25) is 0 Å². The average molecular weight is 199 g/mol. The quantitative estimate of drug-likeness (QED) is 0.553. The van der Waals surface area contributed by atoms with E-state index in [1.54, 1.807) is 0 Å². The topological polar surface area (TPSA) is 38.3 Å². The Hall–Kier alpha value is -0.570. The molecule has 1 aliphatic rings. The fraction of sp³-hybridized carbons (Fsp3) is 0.909. The zero-order chi connectivity index (χ0) is 10.4. The van der Waals surface area contributed by atoms with Gasteiger partial charge in [0.25, 0.3) is 0 Å². The Balaban J connectivity index is 2.27. The molecular weight excluding hydrogens is 178 g/mol. The monoisotopic (exact) mass is 199 g/mol. The third kappa shape index (κ3) is 3.29. The standard InChI is InChI=1S/C11H21NO2/c1-3-4-8-14-11(13)10-6-5-7-12-9(10)2/h9-10,12H,3-8H2,1-2H3. The van der Waals surface area contributed by atoms with Gasteiger partial charge in [-0.05, 0) is 32.7 Å². The highest BCUT2D eigenvalue weighted by atomic mass is 16.5. The molecule has 0 saturated carbocycles. The predicted octanol–water partition coefficient (Wildman–Crippen LogP) is 1.72. The summed E-state index contributed by atoms with van der Waals surface area (Å²) in [6.45, 7) is 5.77. The number of carbonyl (C=O) groups excluding carboxylic acids is 1. The summed E-state index contributed by atoms with van der Waals surface area (Å²) in [4.78, 5) is 11.6. The van der Waals surface area contributed by atoms with Crippen LogP contribution in [0.4, 0.5) is 0 Å². The van der Waals surface area contributed by atoms with Gasteiger partial charge in [-0.25, -0.2) is 0 Å². The summed E-state index contributed by atoms with van der Waals surface area (Å²) in [5.41, 5.74) is 0. The van der Waals surface area contributed by atoms with Crippen molar-refractivity contribution in [3.63, 3.8) is 0 Å². The Labute approximate surface area is 86.2 Å². The molecule has 82 valence electrons. The summed E-state index contributed by atoms with van der Waals surface area (Å²) < 4.78 is 5.21. The molecule has 14 heavy (non-hydrogen) atoms. The van der Waals surface area contributed by atoms with Gasteiger partial charge >= 0.3 is 5.97 Å². The Morgan fingerprint density at radius 2 is 2.36 bits per heavy atom. The van der Waals surface area contributed by atoms with Crippen molar-refractivity contribution in [2.24, 2.45) is 5.92 Å². The third-order valence-corrected chi connectivity index (χ3v) is 2.81. The van der Waals surface area contributed by atoms with Gasteiger partial charge in [0.05, 0.1) is 12.5 Å². The molecule has 0 aromatic heterocycles. The maximum Gasteiger partial charge on any atom is 0.310 e. The molecule has 1 saturated heterocycles. The molecule has 2 atom stereocenters. The SMILES string of the molecule is CCCCOC(=O)C1CCCNC1C. The average Bonchev–Trinajstić information content (AvgIpc) is 2.18. The lowest BCUT2D eigenvalue weighted by Crippen LogP contribution is -2.43. The zero-order valence-electron chi connectivity index (χ0n) is 9.21. The van der Waals surface area contributed by atoms with Crippen LogP contribution >= 0.6 is 0 Å². The maximum atomic E-state index is 11.6. The molecule has 2 unspecified atom stereocenters. The second kappa shape index (κ2) is 6.02. The van der Waals surface area contributed by atoms with Crippen molar-refractivity contribution in [3.05, 3.63) is 0 Å². The largest absolute Gasteiger partial charge is 0.465 e. The van der Waals surface area contributed by atoms with Gasteiger partial charge < -0.3 is 10.1 Å². The molecule has 0 aliphatic carbocycles. The number of esters is 1. The second-order valence-electron chi connectivity index (χ2n) is 4.01. The summed E-state index contributed by atoms with van der Waals surface area (Å²) in [5.74, 6) is 0.0544. The van der Waals surface area contributed by atoms with Gasteiger partial charge in [-0.2, -0.15) is 0 Å². The minimum absolute atomic E-state index is 0.0156. The Morgan fingerprint density at radius 3 is 3.00 bits per heavy atom. The maximum absolute atomic E-state index is 11.6. The lowest BCUT2D eigenvalue weighted by Gasteiger charge is -2.28. The van der Waals surface area contributed by atoms with Crippen LogP contribution < -0.4 is 5.32 Å². The predicted molar refractivity (Wildman–Crippen MR) is 56.1 cm³/mol. The van der Waals surface area contributed by atoms with Gasteiger partial charge in [0, 0.05) is 6.04 Å². The number of hydrogen-bond acceptors (Lipinski definition) is 3. The molecule has 0 spiro atoms. The number of rotatable bonds is 4. The van der Waals surface area contributed by atoms with Crippen LogP contribution in [0.5, 0.6) is 0 Å². The highest BCUT2D eigenvalue weighted by Crippen LogP contribution is 2.17. The minimum Gasteiger partial charge on any atom is -0.465 e. The summed E-state index contributed by atoms with van der Waals surface area (Å²) in [7, 11) is 0. The lowest BCUT2D eigenvalue weighted by molar-refractivity contribution is -0.150. The van der Waals surface area contributed by atoms with Gasteiger partial charge in [-0.15, -0.1) is 0 Å². The van der Waals surface area contributed by atoms with Crippen LogP contribution in [-0.4, -0.2) is 25.2 Å². The van der Waals surface area contributed by atoms with Crippen LogP contribution in [0.1, 0.15) is 39.5 Å². The highest BCUT2D eigenvalue weighted by Gasteiger charge is 2.28. The van der Waals surface area contributed by atoms with Crippen LogP contribution in [0, 0.1) is 5.92 Å². The van der Waals surface area contributed by atoms with E-state index in [1.165, 1.54) is 0 Å². The van der Waals surface area contributed by atoms with Crippen LogP contribution in [0.15, 0.2) is 0 Å². The van der Waals surface area contributed by atoms with E-state index in [9.17, 15) is 4.79 Å². The van der Waals surface area contributed by atoms with E-state index in [2.05, 4.69) is 19.2 Å². The first-order chi connectivity index (χ1) is 6.75. The fourth-order valence-electron chi connectivity index (χ4n) is 1.79. The molecule has 0 bridgehead atoms. The van der Waals surface area contributed by atoms with Crippen molar-refractivity contribution in [1.29, 1.82) is 0 Å². The van der Waals surface area contributed by atoms with Gasteiger partial charge in [0.2, 0.25) is 0 Å². The number of carbonyl (C=O) groups is 1. The lowest BCUT2D eigenvalue weighted by atomic mass is 9.92. The molecule has 0 radical (unpaired) electrons. The Bertz CT molecular complexity index is 182. The summed E-state index contributed by atoms with van der Waals surface area (Å²) in [5, 5.41) is 3.30. The minimum atomic E-state index is -0.0156. The first kappa shape index (κ1) is 11.5. The van der Waals surface area contributed by atoms with Crippen molar-refractivity contribution < 1.29 is 9.53 Å². The van der Waals surface area contributed by atoms with Crippen LogP contribution in [0.3, 0.4) is 0 Å². The third-order valence-electron chi connectivity index (χ3n) is 2.81. The zero-order valence-corrected chi connectivity index (χ0v) is 9.21. The smallest absolute Gasteiger partial charge is 0.310 e. The van der Waals surface area contributed by atoms with Crippen molar-refractivity contribution in [2.75, 3.05) is 13.2 Å². The van der Waals surface area contributed by atoms with Crippen LogP contribution in [0.25, 0.3) is 0 Å². The number of hydrogen-bond donors (Lipinski definition) is 1. The number of unbranched alkanes of at least 4 members (excludes halogenated alkanes) is 1. The fourth-order valence-corrected chi connectivity index (χ4v) is 1.79. The molecule has 1 fully saturated rings. The Kier molecular flexibility index (Phi) is 4.94. The number of ether oxygens (including phenoxy) is 1. The first-order valence-corrected chi connectivity index (χ1v) is 5.65. The van der Waals surface area contributed by atoms with Gasteiger partial charge in [-0.1, -0.05) is 13.3 Å². The van der Waals surface area contributed by atoms with E-state index in [0.717, 1.165) is 32.2 Å². The van der Waals surface area contributed by atoms with Crippen molar-refractivity contribution in [3.8, 4) is 0 Å².